The van der Waals surface area contributed by atoms with Crippen LogP contribution < -0.4 is 5.32 Å². The highest BCUT2D eigenvalue weighted by molar-refractivity contribution is 9.10. The van der Waals surface area contributed by atoms with E-state index in [1.54, 1.807) is 12.4 Å². The molecule has 15 heavy (non-hydrogen) atoms. The standard InChI is InChI=1S/C10H14BrN3O/c1-14(2)4-3-10(15)13-9-5-8(11)6-12-7-9/h5-7H,3-4H2,1-2H3,(H,13,15). The zero-order valence-electron chi connectivity index (χ0n) is 8.83. The Morgan fingerprint density at radius 2 is 2.27 bits per heavy atom. The summed E-state index contributed by atoms with van der Waals surface area (Å²) in [7, 11) is 3.88. The minimum absolute atomic E-state index is 0.00333. The molecule has 0 radical (unpaired) electrons. The summed E-state index contributed by atoms with van der Waals surface area (Å²) >= 11 is 3.29. The first-order valence-corrected chi connectivity index (χ1v) is 5.42. The Morgan fingerprint density at radius 3 is 2.87 bits per heavy atom. The zero-order chi connectivity index (χ0) is 11.3. The van der Waals surface area contributed by atoms with Crippen LogP contribution in [0.4, 0.5) is 5.69 Å². The normalized spacial score (nSPS) is 10.4. The fraction of sp³-hybridized carbons (Fsp3) is 0.400. The topological polar surface area (TPSA) is 45.2 Å². The van der Waals surface area contributed by atoms with Crippen LogP contribution in [0.2, 0.25) is 0 Å². The molecule has 5 heteroatoms. The Balaban J connectivity index is 2.44. The lowest BCUT2D eigenvalue weighted by Gasteiger charge is -2.09. The van der Waals surface area contributed by atoms with Crippen LogP contribution in [0.5, 0.6) is 0 Å². The van der Waals surface area contributed by atoms with Gasteiger partial charge in [-0.25, -0.2) is 0 Å². The van der Waals surface area contributed by atoms with Crippen LogP contribution in [-0.2, 0) is 4.79 Å². The van der Waals surface area contributed by atoms with Crippen molar-refractivity contribution in [3.05, 3.63) is 22.9 Å². The number of pyridine rings is 1. The van der Waals surface area contributed by atoms with Crippen LogP contribution in [0.15, 0.2) is 22.9 Å². The Labute approximate surface area is 97.8 Å². The summed E-state index contributed by atoms with van der Waals surface area (Å²) in [5, 5.41) is 2.78. The highest BCUT2D eigenvalue weighted by Crippen LogP contribution is 2.13. The highest BCUT2D eigenvalue weighted by atomic mass is 79.9. The predicted octanol–water partition coefficient (Wildman–Crippen LogP) is 1.73. The lowest BCUT2D eigenvalue weighted by molar-refractivity contribution is -0.116. The van der Waals surface area contributed by atoms with E-state index >= 15 is 0 Å². The molecule has 0 unspecified atom stereocenters. The number of hydrogen-bond acceptors (Lipinski definition) is 3. The van der Waals surface area contributed by atoms with Gasteiger partial charge in [-0.15, -0.1) is 0 Å². The average Bonchev–Trinajstić information content (AvgIpc) is 2.15. The average molecular weight is 272 g/mol. The Morgan fingerprint density at radius 1 is 1.53 bits per heavy atom. The number of rotatable bonds is 4. The molecule has 1 aromatic rings. The van der Waals surface area contributed by atoms with E-state index in [9.17, 15) is 4.79 Å². The molecule has 0 fully saturated rings. The van der Waals surface area contributed by atoms with Crippen LogP contribution in [0.1, 0.15) is 6.42 Å². The van der Waals surface area contributed by atoms with E-state index in [0.717, 1.165) is 11.0 Å². The lowest BCUT2D eigenvalue weighted by atomic mass is 10.3. The van der Waals surface area contributed by atoms with Gasteiger partial charge in [0.25, 0.3) is 0 Å². The van der Waals surface area contributed by atoms with Gasteiger partial charge in [0.15, 0.2) is 0 Å². The van der Waals surface area contributed by atoms with Gasteiger partial charge in [-0.2, -0.15) is 0 Å². The third kappa shape index (κ3) is 4.90. The lowest BCUT2D eigenvalue weighted by Crippen LogP contribution is -2.20. The molecule has 1 amide bonds. The minimum Gasteiger partial charge on any atom is -0.325 e. The van der Waals surface area contributed by atoms with Gasteiger partial charge in [-0.05, 0) is 36.1 Å². The minimum atomic E-state index is 0.00333. The van der Waals surface area contributed by atoms with Crippen molar-refractivity contribution < 1.29 is 4.79 Å². The molecule has 0 aromatic carbocycles. The fourth-order valence-electron chi connectivity index (χ4n) is 1.03. The SMILES string of the molecule is CN(C)CCC(=O)Nc1cncc(Br)c1. The van der Waals surface area contributed by atoms with Gasteiger partial charge in [0, 0.05) is 23.6 Å². The van der Waals surface area contributed by atoms with E-state index < -0.39 is 0 Å². The van der Waals surface area contributed by atoms with Crippen molar-refractivity contribution >= 4 is 27.5 Å². The first-order chi connectivity index (χ1) is 7.08. The van der Waals surface area contributed by atoms with Crippen molar-refractivity contribution in [3.8, 4) is 0 Å². The second kappa shape index (κ2) is 5.82. The van der Waals surface area contributed by atoms with Crippen molar-refractivity contribution in [1.82, 2.24) is 9.88 Å². The number of carbonyl (C=O) groups excluding carboxylic acids is 1. The number of nitrogens with one attached hydrogen (secondary N) is 1. The molecule has 0 atom stereocenters. The maximum atomic E-state index is 11.4. The Kier molecular flexibility index (Phi) is 4.71. The molecular weight excluding hydrogens is 258 g/mol. The molecule has 0 aliphatic carbocycles. The summed E-state index contributed by atoms with van der Waals surface area (Å²) in [4.78, 5) is 17.4. The third-order valence-corrected chi connectivity index (χ3v) is 2.21. The molecule has 1 aromatic heterocycles. The van der Waals surface area contributed by atoms with E-state index in [1.165, 1.54) is 0 Å². The van der Waals surface area contributed by atoms with E-state index in [1.807, 2.05) is 25.1 Å². The smallest absolute Gasteiger partial charge is 0.225 e. The Hall–Kier alpha value is -0.940. The number of aromatic nitrogens is 1. The fourth-order valence-corrected chi connectivity index (χ4v) is 1.39. The number of anilines is 1. The number of halogens is 1. The van der Waals surface area contributed by atoms with Gasteiger partial charge in [0.2, 0.25) is 5.91 Å². The van der Waals surface area contributed by atoms with E-state index in [2.05, 4.69) is 26.2 Å². The van der Waals surface area contributed by atoms with E-state index in [4.69, 9.17) is 0 Å². The number of amides is 1. The van der Waals surface area contributed by atoms with Crippen molar-refractivity contribution in [2.45, 2.75) is 6.42 Å². The monoisotopic (exact) mass is 271 g/mol. The van der Waals surface area contributed by atoms with Gasteiger partial charge < -0.3 is 10.2 Å². The first-order valence-electron chi connectivity index (χ1n) is 4.63. The van der Waals surface area contributed by atoms with Crippen molar-refractivity contribution in [2.24, 2.45) is 0 Å². The van der Waals surface area contributed by atoms with Crippen LogP contribution in [-0.4, -0.2) is 36.4 Å². The maximum absolute atomic E-state index is 11.4. The highest BCUT2D eigenvalue weighted by Gasteiger charge is 2.03. The first kappa shape index (κ1) is 12.1. The van der Waals surface area contributed by atoms with Gasteiger partial charge in [-0.1, -0.05) is 0 Å². The molecule has 1 rings (SSSR count). The van der Waals surface area contributed by atoms with Crippen LogP contribution >= 0.6 is 15.9 Å². The summed E-state index contributed by atoms with van der Waals surface area (Å²) in [6.45, 7) is 0.743. The zero-order valence-corrected chi connectivity index (χ0v) is 10.4. The quantitative estimate of drug-likeness (QED) is 0.908. The van der Waals surface area contributed by atoms with Crippen LogP contribution in [0.25, 0.3) is 0 Å². The maximum Gasteiger partial charge on any atom is 0.225 e. The molecular formula is C10H14BrN3O. The summed E-state index contributed by atoms with van der Waals surface area (Å²) < 4.78 is 0.855. The van der Waals surface area contributed by atoms with Crippen molar-refractivity contribution in [1.29, 1.82) is 0 Å². The predicted molar refractivity (Wildman–Crippen MR) is 63.7 cm³/mol. The molecule has 1 N–H and O–H groups in total. The van der Waals surface area contributed by atoms with Crippen LogP contribution in [0, 0.1) is 0 Å². The molecule has 0 aliphatic heterocycles. The summed E-state index contributed by atoms with van der Waals surface area (Å²) in [5.74, 6) is 0.00333. The van der Waals surface area contributed by atoms with E-state index in [-0.39, 0.29) is 5.91 Å². The third-order valence-electron chi connectivity index (χ3n) is 1.77. The molecule has 0 saturated heterocycles. The summed E-state index contributed by atoms with van der Waals surface area (Å²) in [5.41, 5.74) is 0.716. The second-order valence-electron chi connectivity index (χ2n) is 3.49. The molecule has 0 spiro atoms. The largest absolute Gasteiger partial charge is 0.325 e. The van der Waals surface area contributed by atoms with Gasteiger partial charge in [0.1, 0.15) is 0 Å². The molecule has 1 heterocycles. The Bertz CT molecular complexity index is 341. The molecule has 0 bridgehead atoms. The van der Waals surface area contributed by atoms with Gasteiger partial charge in [0.05, 0.1) is 11.9 Å². The van der Waals surface area contributed by atoms with Gasteiger partial charge in [-0.3, -0.25) is 9.78 Å². The van der Waals surface area contributed by atoms with E-state index in [0.29, 0.717) is 12.1 Å². The molecule has 0 aliphatic rings. The summed E-state index contributed by atoms with van der Waals surface area (Å²) in [6, 6.07) is 1.82. The van der Waals surface area contributed by atoms with Crippen LogP contribution in [0.3, 0.4) is 0 Å². The van der Waals surface area contributed by atoms with Crippen molar-refractivity contribution in [3.63, 3.8) is 0 Å². The van der Waals surface area contributed by atoms with Gasteiger partial charge >= 0.3 is 0 Å². The number of hydrogen-bond donors (Lipinski definition) is 1. The van der Waals surface area contributed by atoms with Crippen molar-refractivity contribution in [2.75, 3.05) is 26.0 Å². The molecule has 0 saturated carbocycles. The number of carbonyl (C=O) groups is 1. The number of nitrogens with zero attached hydrogens (tertiary/aromatic N) is 2. The molecule has 82 valence electrons. The second-order valence-corrected chi connectivity index (χ2v) is 4.41. The summed E-state index contributed by atoms with van der Waals surface area (Å²) in [6.07, 6.45) is 3.79. The molecule has 4 nitrogen and oxygen atoms in total.